The molecule has 1 N–H and O–H groups in total. The minimum absolute atomic E-state index is 0.0438. The number of hydrogen-bond acceptors (Lipinski definition) is 3. The molecule has 3 heterocycles. The summed E-state index contributed by atoms with van der Waals surface area (Å²) in [4.78, 5) is 27.2. The fraction of sp³-hybridized carbons (Fsp3) is 0.600. The molecule has 2 atom stereocenters. The third kappa shape index (κ3) is 2.94. The van der Waals surface area contributed by atoms with Crippen molar-refractivity contribution in [1.29, 1.82) is 0 Å². The monoisotopic (exact) mass is 326 g/mol. The first-order valence-corrected chi connectivity index (χ1v) is 8.49. The van der Waals surface area contributed by atoms with Crippen LogP contribution in [0.25, 0.3) is 0 Å². The van der Waals surface area contributed by atoms with Gasteiger partial charge in [0.25, 0.3) is 0 Å². The molecule has 0 bridgehead atoms. The van der Waals surface area contributed by atoms with Crippen LogP contribution in [0.15, 0.2) is 12.1 Å². The average molecular weight is 327 g/mol. The lowest BCUT2D eigenvalue weighted by atomic mass is 9.79. The van der Waals surface area contributed by atoms with Gasteiger partial charge in [0.15, 0.2) is 0 Å². The highest BCUT2D eigenvalue weighted by atomic mass is 35.5. The van der Waals surface area contributed by atoms with E-state index in [1.165, 1.54) is 11.3 Å². The summed E-state index contributed by atoms with van der Waals surface area (Å²) in [6.45, 7) is 4.12. The molecule has 0 aliphatic carbocycles. The molecule has 2 saturated heterocycles. The number of carbonyl (C=O) groups excluding carboxylic acids is 2. The SMILES string of the molecule is C[C@H](C(=O)N1CCC[C@@]2(CNC(=O)C2)C1)c1ccc(Cl)s1. The summed E-state index contributed by atoms with van der Waals surface area (Å²) in [5, 5.41) is 2.91. The number of halogens is 1. The Kier molecular flexibility index (Phi) is 3.97. The normalized spacial score (nSPS) is 27.0. The number of likely N-dealkylation sites (tertiary alicyclic amines) is 1. The van der Waals surface area contributed by atoms with Crippen molar-refractivity contribution in [3.8, 4) is 0 Å². The summed E-state index contributed by atoms with van der Waals surface area (Å²) < 4.78 is 0.713. The fourth-order valence-electron chi connectivity index (χ4n) is 3.39. The average Bonchev–Trinajstić information content (AvgIpc) is 3.04. The van der Waals surface area contributed by atoms with Gasteiger partial charge in [-0.3, -0.25) is 9.59 Å². The van der Waals surface area contributed by atoms with Crippen molar-refractivity contribution in [3.05, 3.63) is 21.3 Å². The lowest BCUT2D eigenvalue weighted by Gasteiger charge is -2.40. The van der Waals surface area contributed by atoms with Crippen LogP contribution in [0.2, 0.25) is 4.34 Å². The van der Waals surface area contributed by atoms with Crippen LogP contribution < -0.4 is 5.32 Å². The highest BCUT2D eigenvalue weighted by Crippen LogP contribution is 2.37. The first kappa shape index (κ1) is 14.9. The van der Waals surface area contributed by atoms with E-state index in [1.807, 2.05) is 24.0 Å². The molecule has 0 saturated carbocycles. The second kappa shape index (κ2) is 5.61. The molecule has 114 valence electrons. The zero-order valence-electron chi connectivity index (χ0n) is 12.0. The first-order valence-electron chi connectivity index (χ1n) is 7.30. The molecule has 3 rings (SSSR count). The van der Waals surface area contributed by atoms with E-state index in [0.717, 1.165) is 24.3 Å². The third-order valence-corrected chi connectivity index (χ3v) is 5.97. The molecular weight excluding hydrogens is 308 g/mol. The molecule has 0 aromatic carbocycles. The predicted molar refractivity (Wildman–Crippen MR) is 83.6 cm³/mol. The Morgan fingerprint density at radius 2 is 2.33 bits per heavy atom. The molecule has 2 aliphatic rings. The van der Waals surface area contributed by atoms with Gasteiger partial charge in [-0.25, -0.2) is 0 Å². The van der Waals surface area contributed by atoms with Crippen molar-refractivity contribution in [1.82, 2.24) is 10.2 Å². The lowest BCUT2D eigenvalue weighted by Crippen LogP contribution is -2.48. The summed E-state index contributed by atoms with van der Waals surface area (Å²) in [6, 6.07) is 3.76. The van der Waals surface area contributed by atoms with Crippen molar-refractivity contribution in [2.24, 2.45) is 5.41 Å². The summed E-state index contributed by atoms with van der Waals surface area (Å²) >= 11 is 7.42. The van der Waals surface area contributed by atoms with Gasteiger partial charge in [-0.2, -0.15) is 0 Å². The van der Waals surface area contributed by atoms with Gasteiger partial charge in [0, 0.05) is 36.3 Å². The first-order chi connectivity index (χ1) is 9.99. The molecule has 21 heavy (non-hydrogen) atoms. The quantitative estimate of drug-likeness (QED) is 0.908. The number of nitrogens with one attached hydrogen (secondary N) is 1. The second-order valence-electron chi connectivity index (χ2n) is 6.18. The van der Waals surface area contributed by atoms with E-state index in [-0.39, 0.29) is 23.1 Å². The van der Waals surface area contributed by atoms with Crippen LogP contribution in [-0.2, 0) is 9.59 Å². The van der Waals surface area contributed by atoms with Gasteiger partial charge in [0.05, 0.1) is 10.3 Å². The summed E-state index contributed by atoms with van der Waals surface area (Å²) in [7, 11) is 0. The molecule has 4 nitrogen and oxygen atoms in total. The van der Waals surface area contributed by atoms with Crippen LogP contribution in [0, 0.1) is 5.41 Å². The molecule has 0 unspecified atom stereocenters. The minimum atomic E-state index is -0.164. The van der Waals surface area contributed by atoms with Crippen LogP contribution >= 0.6 is 22.9 Å². The van der Waals surface area contributed by atoms with Crippen molar-refractivity contribution < 1.29 is 9.59 Å². The molecule has 1 spiro atoms. The highest BCUT2D eigenvalue weighted by molar-refractivity contribution is 7.16. The number of piperidine rings is 1. The van der Waals surface area contributed by atoms with Gasteiger partial charge in [-0.05, 0) is 31.9 Å². The van der Waals surface area contributed by atoms with Gasteiger partial charge in [0.2, 0.25) is 11.8 Å². The van der Waals surface area contributed by atoms with Crippen molar-refractivity contribution >= 4 is 34.8 Å². The zero-order chi connectivity index (χ0) is 15.0. The third-order valence-electron chi connectivity index (χ3n) is 4.56. The molecule has 2 aliphatic heterocycles. The van der Waals surface area contributed by atoms with Crippen molar-refractivity contribution in [2.75, 3.05) is 19.6 Å². The van der Waals surface area contributed by atoms with E-state index in [9.17, 15) is 9.59 Å². The number of amides is 2. The maximum Gasteiger partial charge on any atom is 0.230 e. The van der Waals surface area contributed by atoms with E-state index < -0.39 is 0 Å². The highest BCUT2D eigenvalue weighted by Gasteiger charge is 2.43. The summed E-state index contributed by atoms with van der Waals surface area (Å²) in [5.41, 5.74) is -0.0438. The fourth-order valence-corrected chi connectivity index (χ4v) is 4.50. The summed E-state index contributed by atoms with van der Waals surface area (Å²) in [5.74, 6) is 0.0945. The Morgan fingerprint density at radius 1 is 1.52 bits per heavy atom. The summed E-state index contributed by atoms with van der Waals surface area (Å²) in [6.07, 6.45) is 2.54. The number of hydrogen-bond donors (Lipinski definition) is 1. The largest absolute Gasteiger partial charge is 0.355 e. The van der Waals surface area contributed by atoms with Gasteiger partial charge < -0.3 is 10.2 Å². The Bertz CT molecular complexity index is 574. The predicted octanol–water partition coefficient (Wildman–Crippen LogP) is 2.63. The van der Waals surface area contributed by atoms with Gasteiger partial charge in [-0.1, -0.05) is 11.6 Å². The Morgan fingerprint density at radius 3 is 2.95 bits per heavy atom. The van der Waals surface area contributed by atoms with Gasteiger partial charge in [-0.15, -0.1) is 11.3 Å². The van der Waals surface area contributed by atoms with Gasteiger partial charge >= 0.3 is 0 Å². The maximum absolute atomic E-state index is 12.7. The minimum Gasteiger partial charge on any atom is -0.355 e. The topological polar surface area (TPSA) is 49.4 Å². The van der Waals surface area contributed by atoms with Crippen molar-refractivity contribution in [2.45, 2.75) is 32.1 Å². The standard InChI is InChI=1S/C15H19ClN2O2S/c1-10(11-3-4-12(16)21-11)14(20)18-6-2-5-15(9-18)7-13(19)17-8-15/h3-4,10H,2,5-9H2,1H3,(H,17,19)/t10-,15+/m0/s1. The number of nitrogens with zero attached hydrogens (tertiary/aromatic N) is 1. The molecular formula is C15H19ClN2O2S. The number of rotatable bonds is 2. The molecule has 6 heteroatoms. The van der Waals surface area contributed by atoms with E-state index in [2.05, 4.69) is 5.32 Å². The Balaban J connectivity index is 1.71. The van der Waals surface area contributed by atoms with E-state index >= 15 is 0 Å². The van der Waals surface area contributed by atoms with Gasteiger partial charge in [0.1, 0.15) is 0 Å². The molecule has 1 aromatic heterocycles. The van der Waals surface area contributed by atoms with Crippen molar-refractivity contribution in [3.63, 3.8) is 0 Å². The van der Waals surface area contributed by atoms with E-state index in [4.69, 9.17) is 11.6 Å². The van der Waals surface area contributed by atoms with Crippen LogP contribution in [0.1, 0.15) is 37.0 Å². The molecule has 2 fully saturated rings. The van der Waals surface area contributed by atoms with E-state index in [0.29, 0.717) is 23.8 Å². The van der Waals surface area contributed by atoms with Crippen LogP contribution in [0.5, 0.6) is 0 Å². The molecule has 0 radical (unpaired) electrons. The lowest BCUT2D eigenvalue weighted by molar-refractivity contribution is -0.136. The molecule has 1 aromatic rings. The van der Waals surface area contributed by atoms with Crippen LogP contribution in [-0.4, -0.2) is 36.3 Å². The number of carbonyl (C=O) groups is 2. The Labute approximate surface area is 133 Å². The number of thiophene rings is 1. The Hall–Kier alpha value is -1.07. The van der Waals surface area contributed by atoms with E-state index in [1.54, 1.807) is 0 Å². The van der Waals surface area contributed by atoms with Crippen LogP contribution in [0.4, 0.5) is 0 Å². The second-order valence-corrected chi connectivity index (χ2v) is 7.93. The van der Waals surface area contributed by atoms with Crippen LogP contribution in [0.3, 0.4) is 0 Å². The smallest absolute Gasteiger partial charge is 0.230 e. The molecule has 2 amide bonds. The zero-order valence-corrected chi connectivity index (χ0v) is 13.6. The maximum atomic E-state index is 12.7.